The highest BCUT2D eigenvalue weighted by Crippen LogP contribution is 2.10. The largest absolute Gasteiger partial charge is 0.480 e. The van der Waals surface area contributed by atoms with Crippen LogP contribution >= 0.6 is 11.3 Å². The number of esters is 1. The molecule has 1 rings (SSSR count). The summed E-state index contributed by atoms with van der Waals surface area (Å²) in [4.78, 5) is 34.6. The van der Waals surface area contributed by atoms with E-state index in [2.05, 4.69) is 10.1 Å². The highest BCUT2D eigenvalue weighted by atomic mass is 32.1. The SMILES string of the molecule is COC(=O)C[C@H](NC(=O)CCc1cccs1)C(=O)O. The molecule has 1 heterocycles. The minimum absolute atomic E-state index is 0.186. The Morgan fingerprint density at radius 2 is 2.21 bits per heavy atom. The predicted molar refractivity (Wildman–Crippen MR) is 68.8 cm³/mol. The third kappa shape index (κ3) is 5.52. The zero-order chi connectivity index (χ0) is 14.3. The third-order valence-electron chi connectivity index (χ3n) is 2.41. The lowest BCUT2D eigenvalue weighted by Crippen LogP contribution is -2.42. The van der Waals surface area contributed by atoms with Gasteiger partial charge in [0.05, 0.1) is 13.5 Å². The molecule has 1 atom stereocenters. The Labute approximate surface area is 114 Å². The van der Waals surface area contributed by atoms with Crippen LogP contribution in [0.2, 0.25) is 0 Å². The van der Waals surface area contributed by atoms with Gasteiger partial charge in [-0.15, -0.1) is 11.3 Å². The molecule has 0 unspecified atom stereocenters. The summed E-state index contributed by atoms with van der Waals surface area (Å²) in [6.45, 7) is 0. The Bertz CT molecular complexity index is 443. The highest BCUT2D eigenvalue weighted by molar-refractivity contribution is 7.09. The van der Waals surface area contributed by atoms with Crippen molar-refractivity contribution in [3.05, 3.63) is 22.4 Å². The van der Waals surface area contributed by atoms with E-state index in [0.29, 0.717) is 6.42 Å². The van der Waals surface area contributed by atoms with Gasteiger partial charge in [-0.25, -0.2) is 4.79 Å². The summed E-state index contributed by atoms with van der Waals surface area (Å²) < 4.78 is 4.38. The van der Waals surface area contributed by atoms with E-state index in [0.717, 1.165) is 4.88 Å². The zero-order valence-electron chi connectivity index (χ0n) is 10.4. The molecule has 0 aromatic carbocycles. The average molecular weight is 285 g/mol. The molecule has 0 bridgehead atoms. The molecule has 1 aromatic rings. The molecule has 2 N–H and O–H groups in total. The lowest BCUT2D eigenvalue weighted by atomic mass is 10.2. The third-order valence-corrected chi connectivity index (χ3v) is 3.35. The number of carbonyl (C=O) groups is 3. The number of aryl methyl sites for hydroxylation is 1. The Morgan fingerprint density at radius 1 is 1.47 bits per heavy atom. The number of rotatable bonds is 7. The molecule has 1 aromatic heterocycles. The van der Waals surface area contributed by atoms with Crippen LogP contribution in [-0.4, -0.2) is 36.1 Å². The van der Waals surface area contributed by atoms with Crippen LogP contribution in [0.5, 0.6) is 0 Å². The predicted octanol–water partition coefficient (Wildman–Crippen LogP) is 0.813. The molecule has 1 amide bonds. The number of aliphatic carboxylic acids is 1. The van der Waals surface area contributed by atoms with E-state index in [1.54, 1.807) is 0 Å². The standard InChI is InChI=1S/C12H15NO5S/c1-18-11(15)7-9(12(16)17)13-10(14)5-4-8-3-2-6-19-8/h2-3,6,9H,4-5,7H2,1H3,(H,13,14)(H,16,17)/t9-/m0/s1. The number of carbonyl (C=O) groups excluding carboxylic acids is 2. The topological polar surface area (TPSA) is 92.7 Å². The number of carboxylic acid groups (broad SMARTS) is 1. The maximum Gasteiger partial charge on any atom is 0.326 e. The molecule has 6 nitrogen and oxygen atoms in total. The lowest BCUT2D eigenvalue weighted by Gasteiger charge is -2.13. The second-order valence-electron chi connectivity index (χ2n) is 3.82. The van der Waals surface area contributed by atoms with Crippen LogP contribution in [0.1, 0.15) is 17.7 Å². The number of thiophene rings is 1. The maximum atomic E-state index is 11.6. The van der Waals surface area contributed by atoms with Crippen molar-refractivity contribution in [1.29, 1.82) is 0 Å². The van der Waals surface area contributed by atoms with Crippen molar-refractivity contribution in [1.82, 2.24) is 5.32 Å². The van der Waals surface area contributed by atoms with Crippen molar-refractivity contribution >= 4 is 29.2 Å². The number of carboxylic acids is 1. The summed E-state index contributed by atoms with van der Waals surface area (Å²) in [5.74, 6) is -2.33. The van der Waals surface area contributed by atoms with E-state index in [4.69, 9.17) is 5.11 Å². The van der Waals surface area contributed by atoms with Crippen molar-refractivity contribution in [2.45, 2.75) is 25.3 Å². The summed E-state index contributed by atoms with van der Waals surface area (Å²) in [7, 11) is 1.17. The van der Waals surface area contributed by atoms with Gasteiger partial charge in [0.1, 0.15) is 6.04 Å². The van der Waals surface area contributed by atoms with Crippen LogP contribution in [0.4, 0.5) is 0 Å². The molecule has 0 radical (unpaired) electrons. The van der Waals surface area contributed by atoms with E-state index in [1.165, 1.54) is 18.4 Å². The van der Waals surface area contributed by atoms with Crippen LogP contribution in [0, 0.1) is 0 Å². The molecule has 19 heavy (non-hydrogen) atoms. The van der Waals surface area contributed by atoms with Crippen molar-refractivity contribution in [3.63, 3.8) is 0 Å². The van der Waals surface area contributed by atoms with E-state index in [1.807, 2.05) is 17.5 Å². The van der Waals surface area contributed by atoms with Gasteiger partial charge in [0, 0.05) is 11.3 Å². The van der Waals surface area contributed by atoms with Crippen molar-refractivity contribution in [2.24, 2.45) is 0 Å². The zero-order valence-corrected chi connectivity index (χ0v) is 11.2. The molecule has 7 heteroatoms. The fourth-order valence-corrected chi connectivity index (χ4v) is 2.12. The number of nitrogens with one attached hydrogen (secondary N) is 1. The Hall–Kier alpha value is -1.89. The van der Waals surface area contributed by atoms with Gasteiger partial charge in [0.25, 0.3) is 0 Å². The normalized spacial score (nSPS) is 11.6. The van der Waals surface area contributed by atoms with Crippen molar-refractivity contribution in [2.75, 3.05) is 7.11 Å². The molecule has 0 fully saturated rings. The van der Waals surface area contributed by atoms with E-state index in [9.17, 15) is 14.4 Å². The molecule has 0 saturated heterocycles. The molecular weight excluding hydrogens is 270 g/mol. The Balaban J connectivity index is 2.42. The van der Waals surface area contributed by atoms with E-state index >= 15 is 0 Å². The molecule has 104 valence electrons. The molecule has 0 aliphatic rings. The molecule has 0 aliphatic heterocycles. The lowest BCUT2D eigenvalue weighted by molar-refractivity contribution is -0.148. The second kappa shape index (κ2) is 7.52. The van der Waals surface area contributed by atoms with Gasteiger partial charge in [-0.3, -0.25) is 9.59 Å². The van der Waals surface area contributed by atoms with Gasteiger partial charge in [-0.2, -0.15) is 0 Å². The van der Waals surface area contributed by atoms with Crippen LogP contribution in [-0.2, 0) is 25.5 Å². The summed E-state index contributed by atoms with van der Waals surface area (Å²) in [5.41, 5.74) is 0. The summed E-state index contributed by atoms with van der Waals surface area (Å²) in [6, 6.07) is 2.54. The minimum Gasteiger partial charge on any atom is -0.480 e. The van der Waals surface area contributed by atoms with Crippen LogP contribution in [0.25, 0.3) is 0 Å². The quantitative estimate of drug-likeness (QED) is 0.723. The first kappa shape index (κ1) is 15.2. The van der Waals surface area contributed by atoms with Gasteiger partial charge < -0.3 is 15.2 Å². The fourth-order valence-electron chi connectivity index (χ4n) is 1.41. The first-order chi connectivity index (χ1) is 9.02. The molecule has 0 saturated carbocycles. The first-order valence-corrected chi connectivity index (χ1v) is 6.52. The number of hydrogen-bond donors (Lipinski definition) is 2. The monoisotopic (exact) mass is 285 g/mol. The van der Waals surface area contributed by atoms with Gasteiger partial charge in [-0.1, -0.05) is 6.07 Å². The second-order valence-corrected chi connectivity index (χ2v) is 4.85. The van der Waals surface area contributed by atoms with Gasteiger partial charge in [0.2, 0.25) is 5.91 Å². The summed E-state index contributed by atoms with van der Waals surface area (Å²) in [6.07, 6.45) is 0.357. The van der Waals surface area contributed by atoms with Gasteiger partial charge in [-0.05, 0) is 17.9 Å². The van der Waals surface area contributed by atoms with E-state index in [-0.39, 0.29) is 12.8 Å². The van der Waals surface area contributed by atoms with Crippen LogP contribution < -0.4 is 5.32 Å². The highest BCUT2D eigenvalue weighted by Gasteiger charge is 2.23. The molecular formula is C12H15NO5S. The average Bonchev–Trinajstić information content (AvgIpc) is 2.88. The van der Waals surface area contributed by atoms with Gasteiger partial charge in [0.15, 0.2) is 0 Å². The molecule has 0 spiro atoms. The first-order valence-electron chi connectivity index (χ1n) is 5.64. The number of methoxy groups -OCH3 is 1. The van der Waals surface area contributed by atoms with Crippen molar-refractivity contribution < 1.29 is 24.2 Å². The minimum atomic E-state index is -1.25. The molecule has 0 aliphatic carbocycles. The Kier molecular flexibility index (Phi) is 6.01. The summed E-state index contributed by atoms with van der Waals surface area (Å²) >= 11 is 1.53. The van der Waals surface area contributed by atoms with E-state index < -0.39 is 23.9 Å². The van der Waals surface area contributed by atoms with Crippen LogP contribution in [0.15, 0.2) is 17.5 Å². The number of amides is 1. The van der Waals surface area contributed by atoms with Crippen molar-refractivity contribution in [3.8, 4) is 0 Å². The van der Waals surface area contributed by atoms with Gasteiger partial charge >= 0.3 is 11.9 Å². The summed E-state index contributed by atoms with van der Waals surface area (Å²) in [5, 5.41) is 13.1. The maximum absolute atomic E-state index is 11.6. The smallest absolute Gasteiger partial charge is 0.326 e. The fraction of sp³-hybridized carbons (Fsp3) is 0.417. The number of hydrogen-bond acceptors (Lipinski definition) is 5. The number of ether oxygens (including phenoxy) is 1. The van der Waals surface area contributed by atoms with Crippen LogP contribution in [0.3, 0.4) is 0 Å². The Morgan fingerprint density at radius 3 is 2.74 bits per heavy atom.